The van der Waals surface area contributed by atoms with E-state index < -0.39 is 17.2 Å². The summed E-state index contributed by atoms with van der Waals surface area (Å²) < 4.78 is 1.61. The highest BCUT2D eigenvalue weighted by molar-refractivity contribution is 8.00. The summed E-state index contributed by atoms with van der Waals surface area (Å²) in [7, 11) is 1.44. The maximum Gasteiger partial charge on any atom is 0.321 e. The first-order chi connectivity index (χ1) is 12.0. The first kappa shape index (κ1) is 19.0. The van der Waals surface area contributed by atoms with Gasteiger partial charge in [-0.2, -0.15) is 0 Å². The van der Waals surface area contributed by atoms with Crippen molar-refractivity contribution < 1.29 is 9.59 Å². The number of para-hydroxylation sites is 1. The van der Waals surface area contributed by atoms with Crippen molar-refractivity contribution in [3.63, 3.8) is 0 Å². The van der Waals surface area contributed by atoms with E-state index in [-0.39, 0.29) is 5.56 Å². The molecule has 0 saturated carbocycles. The molecule has 2 rings (SSSR count). The lowest BCUT2D eigenvalue weighted by molar-refractivity contribution is -0.119. The van der Waals surface area contributed by atoms with Gasteiger partial charge in [0.05, 0.1) is 16.2 Å². The molecule has 1 aromatic carbocycles. The minimum atomic E-state index is -0.571. The second-order valence-electron chi connectivity index (χ2n) is 5.55. The summed E-state index contributed by atoms with van der Waals surface area (Å²) in [6.45, 7) is 4.26. The molecule has 0 aliphatic heterocycles. The molecule has 1 heterocycles. The van der Waals surface area contributed by atoms with E-state index >= 15 is 0 Å². The highest BCUT2D eigenvalue weighted by Gasteiger charge is 2.20. The van der Waals surface area contributed by atoms with E-state index in [2.05, 4.69) is 15.6 Å². The van der Waals surface area contributed by atoms with Gasteiger partial charge in [0, 0.05) is 13.6 Å². The first-order valence-corrected chi connectivity index (χ1v) is 9.04. The van der Waals surface area contributed by atoms with Gasteiger partial charge in [0.25, 0.3) is 5.56 Å². The monoisotopic (exact) mass is 362 g/mol. The van der Waals surface area contributed by atoms with Gasteiger partial charge in [0.15, 0.2) is 5.16 Å². The van der Waals surface area contributed by atoms with Crippen molar-refractivity contribution in [3.05, 3.63) is 34.6 Å². The van der Waals surface area contributed by atoms with Gasteiger partial charge in [-0.05, 0) is 25.5 Å². The number of imide groups is 1. The zero-order valence-corrected chi connectivity index (χ0v) is 15.4. The smallest absolute Gasteiger partial charge is 0.321 e. The van der Waals surface area contributed by atoms with Crippen molar-refractivity contribution >= 4 is 34.6 Å². The maximum absolute atomic E-state index is 12.8. The van der Waals surface area contributed by atoms with Gasteiger partial charge >= 0.3 is 6.03 Å². The van der Waals surface area contributed by atoms with Crippen LogP contribution in [0, 0.1) is 0 Å². The van der Waals surface area contributed by atoms with Crippen LogP contribution in [0.5, 0.6) is 0 Å². The number of hydrogen-bond donors (Lipinski definition) is 2. The van der Waals surface area contributed by atoms with Gasteiger partial charge in [-0.3, -0.25) is 19.5 Å². The number of carbonyl (C=O) groups is 2. The van der Waals surface area contributed by atoms with Crippen molar-refractivity contribution in [2.75, 3.05) is 7.05 Å². The number of carbonyl (C=O) groups excluding carboxylic acids is 2. The summed E-state index contributed by atoms with van der Waals surface area (Å²) in [6.07, 6.45) is 1.78. The van der Waals surface area contributed by atoms with Crippen LogP contribution < -0.4 is 16.2 Å². The Morgan fingerprint density at radius 2 is 2.04 bits per heavy atom. The van der Waals surface area contributed by atoms with Crippen LogP contribution in [0.25, 0.3) is 10.9 Å². The number of nitrogens with zero attached hydrogens (tertiary/aromatic N) is 2. The lowest BCUT2D eigenvalue weighted by Crippen LogP contribution is -2.41. The molecule has 134 valence electrons. The fraction of sp³-hybridized carbons (Fsp3) is 0.412. The van der Waals surface area contributed by atoms with Crippen molar-refractivity contribution in [2.45, 2.75) is 43.6 Å². The number of benzene rings is 1. The van der Waals surface area contributed by atoms with E-state index in [0.29, 0.717) is 22.6 Å². The Balaban J connectivity index is 2.36. The third kappa shape index (κ3) is 4.60. The standard InChI is InChI=1S/C17H22N4O3S/c1-4-5-10-21-15(23)12-8-6-7-9-13(12)19-17(21)25-11(2)14(22)20-16(24)18-3/h6-9,11H,4-5,10H2,1-3H3,(H2,18,20,22,24)/t11-/m1/s1. The number of unbranched alkanes of at least 4 members (excludes halogenated alkanes) is 1. The predicted octanol–water partition coefficient (Wildman–Crippen LogP) is 2.13. The molecule has 0 radical (unpaired) electrons. The summed E-state index contributed by atoms with van der Waals surface area (Å²) in [5.41, 5.74) is 0.488. The van der Waals surface area contributed by atoms with E-state index in [9.17, 15) is 14.4 Å². The van der Waals surface area contributed by atoms with Crippen LogP contribution in [0.3, 0.4) is 0 Å². The fourth-order valence-corrected chi connectivity index (χ4v) is 3.17. The van der Waals surface area contributed by atoms with Crippen LogP contribution >= 0.6 is 11.8 Å². The molecular formula is C17H22N4O3S. The molecule has 2 aromatic rings. The number of nitrogens with one attached hydrogen (secondary N) is 2. The van der Waals surface area contributed by atoms with E-state index in [1.807, 2.05) is 19.1 Å². The number of fused-ring (bicyclic) bond motifs is 1. The predicted molar refractivity (Wildman–Crippen MR) is 98.8 cm³/mol. The number of urea groups is 1. The molecule has 0 fully saturated rings. The molecule has 3 amide bonds. The molecule has 0 aliphatic carbocycles. The quantitative estimate of drug-likeness (QED) is 0.607. The fourth-order valence-electron chi connectivity index (χ4n) is 2.24. The molecule has 0 saturated heterocycles. The van der Waals surface area contributed by atoms with E-state index in [1.54, 1.807) is 23.6 Å². The first-order valence-electron chi connectivity index (χ1n) is 8.16. The van der Waals surface area contributed by atoms with Gasteiger partial charge in [0.1, 0.15) is 0 Å². The third-order valence-corrected chi connectivity index (χ3v) is 4.77. The summed E-state index contributed by atoms with van der Waals surface area (Å²) in [6, 6.07) is 6.60. The Labute approximate surface area is 150 Å². The van der Waals surface area contributed by atoms with Crippen LogP contribution in [-0.4, -0.2) is 33.8 Å². The zero-order chi connectivity index (χ0) is 18.4. The molecule has 0 unspecified atom stereocenters. The number of thioether (sulfide) groups is 1. The molecule has 2 N–H and O–H groups in total. The van der Waals surface area contributed by atoms with Gasteiger partial charge in [-0.15, -0.1) is 0 Å². The molecule has 25 heavy (non-hydrogen) atoms. The second-order valence-corrected chi connectivity index (χ2v) is 6.86. The van der Waals surface area contributed by atoms with Gasteiger partial charge in [0.2, 0.25) is 5.91 Å². The Hall–Kier alpha value is -2.35. The third-order valence-electron chi connectivity index (χ3n) is 3.68. The summed E-state index contributed by atoms with van der Waals surface area (Å²) in [5.74, 6) is -0.436. The maximum atomic E-state index is 12.8. The molecule has 7 nitrogen and oxygen atoms in total. The molecular weight excluding hydrogens is 340 g/mol. The van der Waals surface area contributed by atoms with Crippen molar-refractivity contribution in [1.29, 1.82) is 0 Å². The number of amides is 3. The largest absolute Gasteiger partial charge is 0.341 e. The SMILES string of the molecule is CCCCn1c(S[C@H](C)C(=O)NC(=O)NC)nc2ccccc2c1=O. The summed E-state index contributed by atoms with van der Waals surface area (Å²) in [4.78, 5) is 40.7. The Bertz CT molecular complexity index is 834. The lowest BCUT2D eigenvalue weighted by Gasteiger charge is -2.15. The van der Waals surface area contributed by atoms with Gasteiger partial charge in [-0.25, -0.2) is 9.78 Å². The van der Waals surface area contributed by atoms with Crippen LogP contribution in [0.15, 0.2) is 34.2 Å². The van der Waals surface area contributed by atoms with Gasteiger partial charge < -0.3 is 5.32 Å². The highest BCUT2D eigenvalue weighted by atomic mass is 32.2. The highest BCUT2D eigenvalue weighted by Crippen LogP contribution is 2.23. The molecule has 8 heteroatoms. The van der Waals surface area contributed by atoms with Crippen LogP contribution in [0.2, 0.25) is 0 Å². The lowest BCUT2D eigenvalue weighted by atomic mass is 10.2. The molecule has 0 bridgehead atoms. The van der Waals surface area contributed by atoms with Crippen molar-refractivity contribution in [3.8, 4) is 0 Å². The Kier molecular flexibility index (Phi) is 6.58. The zero-order valence-electron chi connectivity index (χ0n) is 14.5. The molecule has 0 spiro atoms. The average Bonchev–Trinajstić information content (AvgIpc) is 2.61. The van der Waals surface area contributed by atoms with Crippen LogP contribution in [0.1, 0.15) is 26.7 Å². The minimum absolute atomic E-state index is 0.111. The van der Waals surface area contributed by atoms with Crippen molar-refractivity contribution in [1.82, 2.24) is 20.2 Å². The number of rotatable bonds is 6. The topological polar surface area (TPSA) is 93.1 Å². The van der Waals surface area contributed by atoms with Gasteiger partial charge in [-0.1, -0.05) is 37.2 Å². The normalized spacial score (nSPS) is 12.0. The van der Waals surface area contributed by atoms with Crippen LogP contribution in [-0.2, 0) is 11.3 Å². The van der Waals surface area contributed by atoms with E-state index in [4.69, 9.17) is 0 Å². The number of aromatic nitrogens is 2. The summed E-state index contributed by atoms with van der Waals surface area (Å²) in [5, 5.41) is 5.05. The Morgan fingerprint density at radius 3 is 2.72 bits per heavy atom. The number of hydrogen-bond acceptors (Lipinski definition) is 5. The van der Waals surface area contributed by atoms with E-state index in [0.717, 1.165) is 12.8 Å². The van der Waals surface area contributed by atoms with Crippen molar-refractivity contribution in [2.24, 2.45) is 0 Å². The van der Waals surface area contributed by atoms with E-state index in [1.165, 1.54) is 18.8 Å². The molecule has 1 atom stereocenters. The summed E-state index contributed by atoms with van der Waals surface area (Å²) >= 11 is 1.17. The average molecular weight is 362 g/mol. The molecule has 0 aliphatic rings. The second kappa shape index (κ2) is 8.66. The Morgan fingerprint density at radius 1 is 1.32 bits per heavy atom. The minimum Gasteiger partial charge on any atom is -0.341 e. The van der Waals surface area contributed by atoms with Crippen LogP contribution in [0.4, 0.5) is 4.79 Å². The molecule has 1 aromatic heterocycles.